The van der Waals surface area contributed by atoms with Gasteiger partial charge in [0.1, 0.15) is 11.6 Å². The zero-order chi connectivity index (χ0) is 29.6. The number of phenols is 1. The molecule has 0 amide bonds. The van der Waals surface area contributed by atoms with E-state index in [4.69, 9.17) is 4.98 Å². The third-order valence-electron chi connectivity index (χ3n) is 7.87. The van der Waals surface area contributed by atoms with E-state index in [1.807, 2.05) is 42.6 Å². The fraction of sp³-hybridized carbons (Fsp3) is 0.211. The molecule has 0 saturated heterocycles. The summed E-state index contributed by atoms with van der Waals surface area (Å²) in [5, 5.41) is 11.0. The molecule has 0 bridgehead atoms. The van der Waals surface area contributed by atoms with E-state index in [0.29, 0.717) is 11.4 Å². The first-order chi connectivity index (χ1) is 20.0. The second-order valence-corrected chi connectivity index (χ2v) is 13.0. The van der Waals surface area contributed by atoms with E-state index in [1.54, 1.807) is 6.07 Å². The molecule has 0 radical (unpaired) electrons. The fourth-order valence-corrected chi connectivity index (χ4v) is 5.42. The average Bonchev–Trinajstić information content (AvgIpc) is 3.36. The lowest BCUT2D eigenvalue weighted by molar-refractivity contribution is 0.477. The highest BCUT2D eigenvalue weighted by molar-refractivity contribution is 5.96. The number of aromatic nitrogens is 3. The largest absolute Gasteiger partial charge is 0.507 e. The zero-order valence-electron chi connectivity index (χ0n) is 25.2. The summed E-state index contributed by atoms with van der Waals surface area (Å²) in [7, 11) is 0. The molecule has 0 fully saturated rings. The summed E-state index contributed by atoms with van der Waals surface area (Å²) in [6, 6.07) is 35.1. The van der Waals surface area contributed by atoms with Crippen LogP contribution in [0.4, 0.5) is 0 Å². The Hall–Kier alpha value is -4.70. The van der Waals surface area contributed by atoms with Gasteiger partial charge in [-0.2, -0.15) is 0 Å². The minimum absolute atomic E-state index is 0.0431. The van der Waals surface area contributed by atoms with Gasteiger partial charge in [0.25, 0.3) is 0 Å². The molecule has 0 unspecified atom stereocenters. The van der Waals surface area contributed by atoms with Gasteiger partial charge in [-0.05, 0) is 76.1 Å². The highest BCUT2D eigenvalue weighted by Gasteiger charge is 2.24. The molecule has 4 aromatic carbocycles. The van der Waals surface area contributed by atoms with Crippen molar-refractivity contribution in [3.63, 3.8) is 0 Å². The van der Waals surface area contributed by atoms with Crippen LogP contribution in [-0.2, 0) is 10.8 Å². The minimum atomic E-state index is -0.0431. The van der Waals surface area contributed by atoms with Crippen LogP contribution in [0.5, 0.6) is 5.75 Å². The van der Waals surface area contributed by atoms with E-state index in [2.05, 4.69) is 112 Å². The predicted molar refractivity (Wildman–Crippen MR) is 174 cm³/mol. The van der Waals surface area contributed by atoms with Crippen LogP contribution in [0.2, 0.25) is 0 Å². The maximum Gasteiger partial charge on any atom is 0.149 e. The number of hydrogen-bond donors (Lipinski definition) is 1. The first-order valence-corrected chi connectivity index (χ1v) is 14.5. The van der Waals surface area contributed by atoms with Gasteiger partial charge >= 0.3 is 0 Å². The van der Waals surface area contributed by atoms with Crippen molar-refractivity contribution in [1.82, 2.24) is 14.5 Å². The predicted octanol–water partition coefficient (Wildman–Crippen LogP) is 9.72. The number of pyridine rings is 1. The Morgan fingerprint density at radius 2 is 1.26 bits per heavy atom. The molecule has 4 heteroatoms. The molecular formula is C38H37N3O. The SMILES string of the molecule is CC(C)(C)c1cc(-n2c(-c3ccccc3O)nc3c(-c4cccc(-c5ccccn5)c4)cccc32)cc(C(C)(C)C)c1. The second kappa shape index (κ2) is 10.3. The summed E-state index contributed by atoms with van der Waals surface area (Å²) < 4.78 is 2.21. The van der Waals surface area contributed by atoms with Crippen molar-refractivity contribution in [3.05, 3.63) is 120 Å². The van der Waals surface area contributed by atoms with E-state index >= 15 is 0 Å². The molecule has 0 atom stereocenters. The van der Waals surface area contributed by atoms with E-state index < -0.39 is 0 Å². The molecule has 2 aromatic heterocycles. The van der Waals surface area contributed by atoms with Crippen LogP contribution >= 0.6 is 0 Å². The summed E-state index contributed by atoms with van der Waals surface area (Å²) in [5.74, 6) is 0.915. The topological polar surface area (TPSA) is 50.9 Å². The van der Waals surface area contributed by atoms with Crippen LogP contribution in [0.25, 0.3) is 50.5 Å². The van der Waals surface area contributed by atoms with Crippen LogP contribution in [0.1, 0.15) is 52.7 Å². The van der Waals surface area contributed by atoms with Crippen LogP contribution < -0.4 is 0 Å². The highest BCUT2D eigenvalue weighted by Crippen LogP contribution is 2.40. The van der Waals surface area contributed by atoms with Crippen molar-refractivity contribution in [2.45, 2.75) is 52.4 Å². The lowest BCUT2D eigenvalue weighted by Gasteiger charge is -2.27. The van der Waals surface area contributed by atoms with Gasteiger partial charge in [-0.25, -0.2) is 4.98 Å². The number of phenolic OH excluding ortho intramolecular Hbond substituents is 1. The van der Waals surface area contributed by atoms with Crippen molar-refractivity contribution in [2.75, 3.05) is 0 Å². The van der Waals surface area contributed by atoms with Crippen LogP contribution in [0.3, 0.4) is 0 Å². The number of fused-ring (bicyclic) bond motifs is 1. The number of nitrogens with zero attached hydrogens (tertiary/aromatic N) is 3. The molecule has 42 heavy (non-hydrogen) atoms. The Balaban J connectivity index is 1.66. The molecular weight excluding hydrogens is 514 g/mol. The summed E-state index contributed by atoms with van der Waals surface area (Å²) in [6.45, 7) is 13.5. The van der Waals surface area contributed by atoms with Crippen LogP contribution in [0.15, 0.2) is 109 Å². The van der Waals surface area contributed by atoms with Crippen molar-refractivity contribution in [2.24, 2.45) is 0 Å². The summed E-state index contributed by atoms with van der Waals surface area (Å²) in [5.41, 5.74) is 10.1. The van der Waals surface area contributed by atoms with E-state index in [-0.39, 0.29) is 16.6 Å². The average molecular weight is 552 g/mol. The van der Waals surface area contributed by atoms with Crippen molar-refractivity contribution in [3.8, 4) is 45.2 Å². The molecule has 1 N–H and O–H groups in total. The molecule has 0 saturated carbocycles. The van der Waals surface area contributed by atoms with E-state index in [0.717, 1.165) is 39.1 Å². The molecule has 0 aliphatic rings. The van der Waals surface area contributed by atoms with Crippen molar-refractivity contribution < 1.29 is 5.11 Å². The molecule has 210 valence electrons. The summed E-state index contributed by atoms with van der Waals surface area (Å²) >= 11 is 0. The third-order valence-corrected chi connectivity index (χ3v) is 7.87. The number of imidazole rings is 1. The molecule has 4 nitrogen and oxygen atoms in total. The molecule has 6 rings (SSSR count). The molecule has 0 aliphatic carbocycles. The Kier molecular flexibility index (Phi) is 6.73. The summed E-state index contributed by atoms with van der Waals surface area (Å²) in [6.07, 6.45) is 1.82. The van der Waals surface area contributed by atoms with Gasteiger partial charge in [-0.3, -0.25) is 9.55 Å². The number of benzene rings is 4. The van der Waals surface area contributed by atoms with Gasteiger partial charge < -0.3 is 5.11 Å². The molecule has 0 spiro atoms. The normalized spacial score (nSPS) is 12.1. The van der Waals surface area contributed by atoms with Crippen LogP contribution in [-0.4, -0.2) is 19.6 Å². The van der Waals surface area contributed by atoms with Gasteiger partial charge in [0.2, 0.25) is 0 Å². The zero-order valence-corrected chi connectivity index (χ0v) is 25.2. The Labute approximate surface area is 248 Å². The first-order valence-electron chi connectivity index (χ1n) is 14.5. The van der Waals surface area contributed by atoms with Gasteiger partial charge in [0, 0.05) is 23.0 Å². The van der Waals surface area contributed by atoms with Crippen LogP contribution in [0, 0.1) is 0 Å². The van der Waals surface area contributed by atoms with Gasteiger partial charge in [0.15, 0.2) is 0 Å². The van der Waals surface area contributed by atoms with Gasteiger partial charge in [-0.1, -0.05) is 96.1 Å². The maximum absolute atomic E-state index is 11.0. The molecule has 0 aliphatic heterocycles. The number of hydrogen-bond acceptors (Lipinski definition) is 3. The van der Waals surface area contributed by atoms with Crippen molar-refractivity contribution in [1.29, 1.82) is 0 Å². The van der Waals surface area contributed by atoms with Gasteiger partial charge in [-0.15, -0.1) is 0 Å². The minimum Gasteiger partial charge on any atom is -0.507 e. The molecule has 2 heterocycles. The summed E-state index contributed by atoms with van der Waals surface area (Å²) in [4.78, 5) is 9.83. The van der Waals surface area contributed by atoms with E-state index in [1.165, 1.54) is 11.1 Å². The smallest absolute Gasteiger partial charge is 0.149 e. The lowest BCUT2D eigenvalue weighted by atomic mass is 9.80. The van der Waals surface area contributed by atoms with Crippen molar-refractivity contribution >= 4 is 11.0 Å². The second-order valence-electron chi connectivity index (χ2n) is 13.0. The number of aromatic hydroxyl groups is 1. The third kappa shape index (κ3) is 5.09. The lowest BCUT2D eigenvalue weighted by Crippen LogP contribution is -2.17. The van der Waals surface area contributed by atoms with Gasteiger partial charge in [0.05, 0.1) is 22.3 Å². The first kappa shape index (κ1) is 27.5. The Morgan fingerprint density at radius 1 is 0.619 bits per heavy atom. The number of rotatable bonds is 4. The molecule has 6 aromatic rings. The standard InChI is InChI=1S/C38H37N3O/c1-37(2,3)27-22-28(38(4,5)6)24-29(23-27)41-33-18-12-16-30(35(33)40-36(41)31-15-7-8-19-34(31)42)25-13-11-14-26(21-25)32-17-9-10-20-39-32/h7-24,42H,1-6H3. The Morgan fingerprint density at radius 3 is 1.93 bits per heavy atom. The monoisotopic (exact) mass is 551 g/mol. The van der Waals surface area contributed by atoms with E-state index in [9.17, 15) is 5.11 Å². The maximum atomic E-state index is 11.0. The fourth-order valence-electron chi connectivity index (χ4n) is 5.42. The Bertz CT molecular complexity index is 1870. The highest BCUT2D eigenvalue weighted by atomic mass is 16.3. The number of para-hydroxylation sites is 2. The quantitative estimate of drug-likeness (QED) is 0.237.